The minimum atomic E-state index is 0.579. The summed E-state index contributed by atoms with van der Waals surface area (Å²) in [6.07, 6.45) is 1.16. The molecule has 0 fully saturated rings. The minimum Gasteiger partial charge on any atom is -0.491 e. The van der Waals surface area contributed by atoms with Crippen LogP contribution in [0.5, 0.6) is 5.75 Å². The summed E-state index contributed by atoms with van der Waals surface area (Å²) in [4.78, 5) is 0. The van der Waals surface area contributed by atoms with Crippen LogP contribution in [-0.4, -0.2) is 33.0 Å². The van der Waals surface area contributed by atoms with E-state index in [1.54, 1.807) is 0 Å². The Morgan fingerprint density at radius 1 is 0.944 bits per heavy atom. The molecule has 0 aromatic heterocycles. The van der Waals surface area contributed by atoms with Crippen LogP contribution >= 0.6 is 0 Å². The Bertz CT molecular complexity index is 287. The van der Waals surface area contributed by atoms with Crippen molar-refractivity contribution in [2.45, 2.75) is 20.3 Å². The van der Waals surface area contributed by atoms with Gasteiger partial charge in [-0.15, -0.1) is 0 Å². The molecule has 0 amide bonds. The van der Waals surface area contributed by atoms with Gasteiger partial charge in [0.1, 0.15) is 12.4 Å². The van der Waals surface area contributed by atoms with Gasteiger partial charge in [-0.1, -0.05) is 38.5 Å². The van der Waals surface area contributed by atoms with E-state index < -0.39 is 0 Å². The lowest BCUT2D eigenvalue weighted by molar-refractivity contribution is 0.0261. The van der Waals surface area contributed by atoms with E-state index in [1.807, 2.05) is 30.3 Å². The smallest absolute Gasteiger partial charge is 0.119 e. The molecule has 0 N–H and O–H groups in total. The van der Waals surface area contributed by atoms with Crippen molar-refractivity contribution >= 4 is 0 Å². The molecule has 1 aromatic carbocycles. The first-order chi connectivity index (χ1) is 8.83. The lowest BCUT2D eigenvalue weighted by Gasteiger charge is -2.10. The summed E-state index contributed by atoms with van der Waals surface area (Å²) in [5.41, 5.74) is 0. The predicted octanol–water partition coefficient (Wildman–Crippen LogP) is 3.14. The zero-order chi connectivity index (χ0) is 13.1. The summed E-state index contributed by atoms with van der Waals surface area (Å²) in [5.74, 6) is 1.51. The largest absolute Gasteiger partial charge is 0.491 e. The Labute approximate surface area is 110 Å². The van der Waals surface area contributed by atoms with Crippen molar-refractivity contribution in [1.82, 2.24) is 0 Å². The summed E-state index contributed by atoms with van der Waals surface area (Å²) >= 11 is 0. The molecule has 0 spiro atoms. The molecule has 0 saturated heterocycles. The molecule has 0 radical (unpaired) electrons. The van der Waals surface area contributed by atoms with Gasteiger partial charge in [-0.2, -0.15) is 0 Å². The molecule has 1 rings (SSSR count). The van der Waals surface area contributed by atoms with E-state index in [1.165, 1.54) is 0 Å². The van der Waals surface area contributed by atoms with Crippen molar-refractivity contribution in [3.05, 3.63) is 30.3 Å². The van der Waals surface area contributed by atoms with Crippen molar-refractivity contribution in [2.24, 2.45) is 5.92 Å². The van der Waals surface area contributed by atoms with Gasteiger partial charge < -0.3 is 14.2 Å². The van der Waals surface area contributed by atoms with Gasteiger partial charge >= 0.3 is 0 Å². The standard InChI is InChI=1S/C15H24O3/c1-3-14(2)13-17-10-9-16-11-12-18-15-7-5-4-6-8-15/h4-8,14H,3,9-13H2,1-2H3. The second-order valence-corrected chi connectivity index (χ2v) is 4.36. The van der Waals surface area contributed by atoms with Crippen LogP contribution in [-0.2, 0) is 9.47 Å². The number of hydrogen-bond acceptors (Lipinski definition) is 3. The van der Waals surface area contributed by atoms with Gasteiger partial charge in [0.05, 0.1) is 19.8 Å². The van der Waals surface area contributed by atoms with Gasteiger partial charge in [-0.25, -0.2) is 0 Å². The average Bonchev–Trinajstić information content (AvgIpc) is 2.42. The summed E-state index contributed by atoms with van der Waals surface area (Å²) in [7, 11) is 0. The number of para-hydroxylation sites is 1. The van der Waals surface area contributed by atoms with E-state index in [-0.39, 0.29) is 0 Å². The van der Waals surface area contributed by atoms with E-state index in [0.29, 0.717) is 32.3 Å². The Morgan fingerprint density at radius 2 is 1.61 bits per heavy atom. The highest BCUT2D eigenvalue weighted by atomic mass is 16.5. The maximum atomic E-state index is 5.50. The average molecular weight is 252 g/mol. The first-order valence-electron chi connectivity index (χ1n) is 6.66. The lowest BCUT2D eigenvalue weighted by atomic mass is 10.1. The van der Waals surface area contributed by atoms with Crippen LogP contribution in [0.1, 0.15) is 20.3 Å². The molecule has 3 nitrogen and oxygen atoms in total. The number of benzene rings is 1. The van der Waals surface area contributed by atoms with Crippen LogP contribution in [0, 0.1) is 5.92 Å². The lowest BCUT2D eigenvalue weighted by Crippen LogP contribution is -2.13. The highest BCUT2D eigenvalue weighted by Gasteiger charge is 1.98. The number of hydrogen-bond donors (Lipinski definition) is 0. The fourth-order valence-electron chi connectivity index (χ4n) is 1.36. The molecule has 18 heavy (non-hydrogen) atoms. The van der Waals surface area contributed by atoms with Crippen molar-refractivity contribution in [2.75, 3.05) is 33.0 Å². The first-order valence-corrected chi connectivity index (χ1v) is 6.66. The number of rotatable bonds is 10. The van der Waals surface area contributed by atoms with Gasteiger partial charge in [0, 0.05) is 6.61 Å². The van der Waals surface area contributed by atoms with E-state index >= 15 is 0 Å². The van der Waals surface area contributed by atoms with Crippen LogP contribution in [0.4, 0.5) is 0 Å². The monoisotopic (exact) mass is 252 g/mol. The maximum Gasteiger partial charge on any atom is 0.119 e. The van der Waals surface area contributed by atoms with Gasteiger partial charge in [0.15, 0.2) is 0 Å². The Hall–Kier alpha value is -1.06. The fourth-order valence-corrected chi connectivity index (χ4v) is 1.36. The van der Waals surface area contributed by atoms with Gasteiger partial charge in [0.2, 0.25) is 0 Å². The second kappa shape index (κ2) is 9.92. The molecule has 0 heterocycles. The molecule has 0 aliphatic rings. The topological polar surface area (TPSA) is 27.7 Å². The van der Waals surface area contributed by atoms with Crippen molar-refractivity contribution < 1.29 is 14.2 Å². The molecule has 0 aliphatic heterocycles. The molecular weight excluding hydrogens is 228 g/mol. The third kappa shape index (κ3) is 7.30. The van der Waals surface area contributed by atoms with E-state index in [9.17, 15) is 0 Å². The van der Waals surface area contributed by atoms with Gasteiger partial charge in [-0.3, -0.25) is 0 Å². The number of ether oxygens (including phenoxy) is 3. The van der Waals surface area contributed by atoms with Crippen molar-refractivity contribution in [3.8, 4) is 5.75 Å². The van der Waals surface area contributed by atoms with Crippen LogP contribution in [0.2, 0.25) is 0 Å². The minimum absolute atomic E-state index is 0.579. The molecule has 0 bridgehead atoms. The van der Waals surface area contributed by atoms with Gasteiger partial charge in [-0.05, 0) is 18.1 Å². The zero-order valence-corrected chi connectivity index (χ0v) is 11.4. The summed E-state index contributed by atoms with van der Waals surface area (Å²) in [6.45, 7) is 7.65. The first kappa shape index (κ1) is 15.0. The fraction of sp³-hybridized carbons (Fsp3) is 0.600. The normalized spacial score (nSPS) is 12.3. The summed E-state index contributed by atoms with van der Waals surface area (Å²) in [6, 6.07) is 9.76. The van der Waals surface area contributed by atoms with Crippen LogP contribution < -0.4 is 4.74 Å². The second-order valence-electron chi connectivity index (χ2n) is 4.36. The molecule has 1 unspecified atom stereocenters. The van der Waals surface area contributed by atoms with Crippen molar-refractivity contribution in [3.63, 3.8) is 0 Å². The highest BCUT2D eigenvalue weighted by molar-refractivity contribution is 5.20. The van der Waals surface area contributed by atoms with Crippen LogP contribution in [0.15, 0.2) is 30.3 Å². The molecule has 0 aliphatic carbocycles. The summed E-state index contributed by atoms with van der Waals surface area (Å²) < 4.78 is 16.4. The molecular formula is C15H24O3. The summed E-state index contributed by atoms with van der Waals surface area (Å²) in [5, 5.41) is 0. The van der Waals surface area contributed by atoms with E-state index in [2.05, 4.69) is 13.8 Å². The molecule has 1 atom stereocenters. The Kier molecular flexibility index (Phi) is 8.26. The third-order valence-electron chi connectivity index (χ3n) is 2.71. The molecule has 102 valence electrons. The van der Waals surface area contributed by atoms with E-state index in [0.717, 1.165) is 18.8 Å². The zero-order valence-electron chi connectivity index (χ0n) is 11.4. The quantitative estimate of drug-likeness (QED) is 0.599. The molecule has 0 saturated carbocycles. The van der Waals surface area contributed by atoms with Gasteiger partial charge in [0.25, 0.3) is 0 Å². The van der Waals surface area contributed by atoms with Crippen LogP contribution in [0.3, 0.4) is 0 Å². The SMILES string of the molecule is CCC(C)COCCOCCOc1ccccc1. The molecule has 1 aromatic rings. The van der Waals surface area contributed by atoms with Crippen molar-refractivity contribution in [1.29, 1.82) is 0 Å². The molecule has 3 heteroatoms. The van der Waals surface area contributed by atoms with Crippen LogP contribution in [0.25, 0.3) is 0 Å². The highest BCUT2D eigenvalue weighted by Crippen LogP contribution is 2.07. The maximum absolute atomic E-state index is 5.50. The van der Waals surface area contributed by atoms with E-state index in [4.69, 9.17) is 14.2 Å². The predicted molar refractivity (Wildman–Crippen MR) is 73.0 cm³/mol. The third-order valence-corrected chi connectivity index (χ3v) is 2.71. The Morgan fingerprint density at radius 3 is 2.33 bits per heavy atom. The Balaban J connectivity index is 1.87.